The van der Waals surface area contributed by atoms with Gasteiger partial charge in [-0.05, 0) is 40.0 Å². The second-order valence-corrected chi connectivity index (χ2v) is 6.07. The molecule has 1 heteroatoms. The molecule has 0 saturated carbocycles. The summed E-state index contributed by atoms with van der Waals surface area (Å²) in [4.78, 5) is 0. The fourth-order valence-corrected chi connectivity index (χ4v) is 2.14. The molecular weight excluding hydrogens is 244 g/mol. The van der Waals surface area contributed by atoms with Crippen LogP contribution in [0.4, 0.5) is 0 Å². The molecule has 0 aliphatic rings. The second kappa shape index (κ2) is 14.8. The van der Waals surface area contributed by atoms with Crippen LogP contribution in [0.3, 0.4) is 0 Å². The molecule has 0 aliphatic heterocycles. The topological polar surface area (TPSA) is 9.23 Å². The van der Waals surface area contributed by atoms with Gasteiger partial charge >= 0.3 is 0 Å². The lowest BCUT2D eigenvalue weighted by Gasteiger charge is -2.03. The molecule has 0 saturated heterocycles. The fourth-order valence-electron chi connectivity index (χ4n) is 2.14. The molecule has 0 aliphatic carbocycles. The van der Waals surface area contributed by atoms with Crippen LogP contribution in [0.5, 0.6) is 0 Å². The van der Waals surface area contributed by atoms with Gasteiger partial charge in [0.2, 0.25) is 0 Å². The van der Waals surface area contributed by atoms with Gasteiger partial charge in [-0.1, -0.05) is 68.7 Å². The highest BCUT2D eigenvalue weighted by Gasteiger charge is 1.92. The van der Waals surface area contributed by atoms with Crippen LogP contribution in [0.15, 0.2) is 23.3 Å². The zero-order valence-corrected chi connectivity index (χ0v) is 14.3. The second-order valence-electron chi connectivity index (χ2n) is 6.07. The third-order valence-electron chi connectivity index (χ3n) is 3.53. The zero-order chi connectivity index (χ0) is 15.1. The average molecular weight is 280 g/mol. The Balaban J connectivity index is 3.31. The summed E-state index contributed by atoms with van der Waals surface area (Å²) in [6.07, 6.45) is 16.3. The van der Waals surface area contributed by atoms with Crippen molar-refractivity contribution in [3.63, 3.8) is 0 Å². The molecule has 0 spiro atoms. The van der Waals surface area contributed by atoms with Crippen molar-refractivity contribution in [1.82, 2.24) is 0 Å². The Morgan fingerprint density at radius 3 is 2.15 bits per heavy atom. The summed E-state index contributed by atoms with van der Waals surface area (Å²) in [6, 6.07) is 0. The van der Waals surface area contributed by atoms with Crippen molar-refractivity contribution in [2.75, 3.05) is 13.2 Å². The fraction of sp³-hybridized carbons (Fsp3) is 0.789. The minimum Gasteiger partial charge on any atom is -0.377 e. The number of ether oxygens (including phenoxy) is 1. The van der Waals surface area contributed by atoms with Gasteiger partial charge in [0.1, 0.15) is 0 Å². The van der Waals surface area contributed by atoms with E-state index in [1.807, 2.05) is 0 Å². The van der Waals surface area contributed by atoms with Gasteiger partial charge in [-0.15, -0.1) is 0 Å². The Morgan fingerprint density at radius 2 is 1.50 bits per heavy atom. The monoisotopic (exact) mass is 280 g/mol. The van der Waals surface area contributed by atoms with E-state index >= 15 is 0 Å². The predicted octanol–water partition coefficient (Wildman–Crippen LogP) is 6.45. The van der Waals surface area contributed by atoms with Gasteiger partial charge in [0.05, 0.1) is 6.61 Å². The van der Waals surface area contributed by atoms with E-state index < -0.39 is 0 Å². The molecule has 0 aromatic carbocycles. The minimum absolute atomic E-state index is 0.788. The summed E-state index contributed by atoms with van der Waals surface area (Å²) >= 11 is 0. The van der Waals surface area contributed by atoms with Crippen LogP contribution >= 0.6 is 0 Å². The largest absolute Gasteiger partial charge is 0.377 e. The molecule has 1 nitrogen and oxygen atoms in total. The number of hydrogen-bond acceptors (Lipinski definition) is 1. The Kier molecular flexibility index (Phi) is 14.4. The summed E-state index contributed by atoms with van der Waals surface area (Å²) in [6.45, 7) is 10.5. The van der Waals surface area contributed by atoms with Crippen LogP contribution < -0.4 is 0 Å². The zero-order valence-electron chi connectivity index (χ0n) is 14.3. The van der Waals surface area contributed by atoms with E-state index in [1.54, 1.807) is 0 Å². The first-order valence-corrected chi connectivity index (χ1v) is 8.53. The van der Waals surface area contributed by atoms with Crippen molar-refractivity contribution in [3.05, 3.63) is 23.3 Å². The Hall–Kier alpha value is -0.560. The van der Waals surface area contributed by atoms with Gasteiger partial charge in [0.15, 0.2) is 0 Å². The molecule has 0 N–H and O–H groups in total. The van der Waals surface area contributed by atoms with Gasteiger partial charge in [0.25, 0.3) is 0 Å². The number of hydrogen-bond donors (Lipinski definition) is 0. The molecular formula is C19H36O. The molecule has 0 rings (SSSR count). The van der Waals surface area contributed by atoms with E-state index in [4.69, 9.17) is 4.74 Å². The Morgan fingerprint density at radius 1 is 0.850 bits per heavy atom. The lowest BCUT2D eigenvalue weighted by Crippen LogP contribution is -1.95. The summed E-state index contributed by atoms with van der Waals surface area (Å²) in [5, 5.41) is 0. The molecule has 0 heterocycles. The molecule has 20 heavy (non-hydrogen) atoms. The van der Waals surface area contributed by atoms with E-state index in [9.17, 15) is 0 Å². The van der Waals surface area contributed by atoms with Gasteiger partial charge in [0, 0.05) is 6.61 Å². The van der Waals surface area contributed by atoms with Gasteiger partial charge in [-0.3, -0.25) is 0 Å². The van der Waals surface area contributed by atoms with E-state index in [-0.39, 0.29) is 0 Å². The van der Waals surface area contributed by atoms with E-state index in [1.165, 1.54) is 56.1 Å². The highest BCUT2D eigenvalue weighted by atomic mass is 16.5. The van der Waals surface area contributed by atoms with Crippen molar-refractivity contribution in [2.24, 2.45) is 0 Å². The molecule has 0 aromatic rings. The van der Waals surface area contributed by atoms with Crippen molar-refractivity contribution in [1.29, 1.82) is 0 Å². The minimum atomic E-state index is 0.788. The third-order valence-corrected chi connectivity index (χ3v) is 3.53. The third kappa shape index (κ3) is 15.5. The van der Waals surface area contributed by atoms with Gasteiger partial charge < -0.3 is 4.74 Å². The first kappa shape index (κ1) is 19.4. The van der Waals surface area contributed by atoms with Crippen molar-refractivity contribution in [3.8, 4) is 0 Å². The maximum atomic E-state index is 5.67. The van der Waals surface area contributed by atoms with E-state index in [0.717, 1.165) is 26.1 Å². The van der Waals surface area contributed by atoms with Crippen LogP contribution in [0.25, 0.3) is 0 Å². The van der Waals surface area contributed by atoms with Crippen LogP contribution in [0, 0.1) is 0 Å². The standard InChI is InChI=1S/C19H36O/c1-5-6-7-8-9-10-11-16-20-17-15-19(4)14-12-13-18(2)3/h13,15H,5-12,14,16-17H2,1-4H3/b19-15+. The molecule has 0 amide bonds. The first-order valence-electron chi connectivity index (χ1n) is 8.53. The van der Waals surface area contributed by atoms with Gasteiger partial charge in [-0.2, -0.15) is 0 Å². The molecule has 0 aromatic heterocycles. The maximum Gasteiger partial charge on any atom is 0.0649 e. The number of unbranched alkanes of at least 4 members (excludes halogenated alkanes) is 6. The lowest BCUT2D eigenvalue weighted by molar-refractivity contribution is 0.156. The Labute approximate surface area is 127 Å². The van der Waals surface area contributed by atoms with Crippen molar-refractivity contribution in [2.45, 2.75) is 85.5 Å². The summed E-state index contributed by atoms with van der Waals surface area (Å²) in [5.74, 6) is 0. The lowest BCUT2D eigenvalue weighted by atomic mass is 10.1. The normalized spacial score (nSPS) is 11.7. The smallest absolute Gasteiger partial charge is 0.0649 e. The van der Waals surface area contributed by atoms with Crippen LogP contribution in [0.2, 0.25) is 0 Å². The SMILES string of the molecule is CCCCCCCCCOC/C=C(\C)CCC=C(C)C. The van der Waals surface area contributed by atoms with Crippen LogP contribution in [-0.2, 0) is 4.74 Å². The summed E-state index contributed by atoms with van der Waals surface area (Å²) in [7, 11) is 0. The molecule has 0 atom stereocenters. The first-order chi connectivity index (χ1) is 9.66. The highest BCUT2D eigenvalue weighted by Crippen LogP contribution is 2.08. The Bertz CT molecular complexity index is 259. The van der Waals surface area contributed by atoms with E-state index in [0.29, 0.717) is 0 Å². The molecule has 0 fully saturated rings. The van der Waals surface area contributed by atoms with Crippen molar-refractivity contribution < 1.29 is 4.74 Å². The quantitative estimate of drug-likeness (QED) is 0.278. The molecule has 0 unspecified atom stereocenters. The molecule has 0 bridgehead atoms. The predicted molar refractivity (Wildman–Crippen MR) is 91.2 cm³/mol. The van der Waals surface area contributed by atoms with Gasteiger partial charge in [-0.25, -0.2) is 0 Å². The average Bonchev–Trinajstić information content (AvgIpc) is 2.40. The summed E-state index contributed by atoms with van der Waals surface area (Å²) in [5.41, 5.74) is 2.86. The summed E-state index contributed by atoms with van der Waals surface area (Å²) < 4.78 is 5.67. The van der Waals surface area contributed by atoms with Crippen LogP contribution in [0.1, 0.15) is 85.5 Å². The molecule has 118 valence electrons. The molecule has 0 radical (unpaired) electrons. The number of allylic oxidation sites excluding steroid dienone is 3. The van der Waals surface area contributed by atoms with E-state index in [2.05, 4.69) is 39.8 Å². The van der Waals surface area contributed by atoms with Crippen LogP contribution in [-0.4, -0.2) is 13.2 Å². The highest BCUT2D eigenvalue weighted by molar-refractivity contribution is 5.02. The van der Waals surface area contributed by atoms with Crippen molar-refractivity contribution >= 4 is 0 Å². The number of rotatable bonds is 13. The maximum absolute atomic E-state index is 5.67.